The van der Waals surface area contributed by atoms with Gasteiger partial charge in [0.25, 0.3) is 0 Å². The molecule has 0 bridgehead atoms. The topological polar surface area (TPSA) is 9.23 Å². The van der Waals surface area contributed by atoms with Gasteiger partial charge in [0.1, 0.15) is 5.75 Å². The third-order valence-corrected chi connectivity index (χ3v) is 2.24. The SMILES string of the molecule is Clc1ccc(OCc2c[c-]ccc2)cc1.[Br-].[Mg+2]. The van der Waals surface area contributed by atoms with Gasteiger partial charge in [0.05, 0.1) is 6.61 Å². The summed E-state index contributed by atoms with van der Waals surface area (Å²) >= 11 is 5.77. The summed E-state index contributed by atoms with van der Waals surface area (Å²) in [5.74, 6) is 0.822. The molecule has 0 aliphatic carbocycles. The van der Waals surface area contributed by atoms with E-state index in [9.17, 15) is 0 Å². The summed E-state index contributed by atoms with van der Waals surface area (Å²) in [5.41, 5.74) is 1.10. The molecule has 0 radical (unpaired) electrons. The molecule has 0 heterocycles. The van der Waals surface area contributed by atoms with Crippen LogP contribution in [-0.4, -0.2) is 23.1 Å². The number of hydrogen-bond acceptors (Lipinski definition) is 1. The Hall–Kier alpha value is -0.224. The second kappa shape index (κ2) is 8.81. The summed E-state index contributed by atoms with van der Waals surface area (Å²) in [6.07, 6.45) is 0. The minimum Gasteiger partial charge on any atom is -1.00 e. The number of ether oxygens (including phenoxy) is 1. The van der Waals surface area contributed by atoms with Crippen LogP contribution >= 0.6 is 11.6 Å². The largest absolute Gasteiger partial charge is 2.00 e. The van der Waals surface area contributed by atoms with Crippen molar-refractivity contribution in [3.8, 4) is 5.75 Å². The maximum Gasteiger partial charge on any atom is 2.00 e. The van der Waals surface area contributed by atoms with Gasteiger partial charge in [0.2, 0.25) is 0 Å². The van der Waals surface area contributed by atoms with Gasteiger partial charge in [-0.25, -0.2) is 0 Å². The Morgan fingerprint density at radius 3 is 2.41 bits per heavy atom. The molecule has 0 amide bonds. The normalized spacial score (nSPS) is 8.76. The zero-order chi connectivity index (χ0) is 10.5. The van der Waals surface area contributed by atoms with Crippen LogP contribution < -0.4 is 21.7 Å². The van der Waals surface area contributed by atoms with Crippen molar-refractivity contribution in [1.29, 1.82) is 0 Å². The average molecular weight is 322 g/mol. The van der Waals surface area contributed by atoms with Gasteiger partial charge in [-0.2, -0.15) is 30.3 Å². The van der Waals surface area contributed by atoms with Crippen LogP contribution in [0.15, 0.2) is 48.5 Å². The van der Waals surface area contributed by atoms with Crippen molar-refractivity contribution in [2.24, 2.45) is 0 Å². The standard InChI is InChI=1S/C13H10ClO.BrH.Mg/c14-12-6-8-13(9-7-12)15-10-11-4-2-1-3-5-11;;/h1-2,4-9H,10H2;1H;/q-1;;+2/p-1. The van der Waals surface area contributed by atoms with E-state index < -0.39 is 0 Å². The van der Waals surface area contributed by atoms with Crippen LogP contribution in [0.25, 0.3) is 0 Å². The van der Waals surface area contributed by atoms with Crippen LogP contribution in [-0.2, 0) is 6.61 Å². The van der Waals surface area contributed by atoms with Crippen molar-refractivity contribution in [2.45, 2.75) is 6.61 Å². The Bertz CT molecular complexity index is 419. The van der Waals surface area contributed by atoms with Crippen LogP contribution in [0, 0.1) is 6.07 Å². The molecule has 0 saturated carbocycles. The zero-order valence-corrected chi connectivity index (χ0v) is 13.0. The molecule has 0 spiro atoms. The van der Waals surface area contributed by atoms with E-state index in [0.29, 0.717) is 6.61 Å². The number of halogens is 2. The van der Waals surface area contributed by atoms with E-state index in [4.69, 9.17) is 16.3 Å². The van der Waals surface area contributed by atoms with Gasteiger partial charge < -0.3 is 21.7 Å². The fraction of sp³-hybridized carbons (Fsp3) is 0.0769. The predicted molar refractivity (Wildman–Crippen MR) is 66.8 cm³/mol. The van der Waals surface area contributed by atoms with E-state index in [2.05, 4.69) is 6.07 Å². The summed E-state index contributed by atoms with van der Waals surface area (Å²) < 4.78 is 5.57. The summed E-state index contributed by atoms with van der Waals surface area (Å²) in [6, 6.07) is 18.1. The maximum atomic E-state index is 5.77. The number of hydrogen-bond donors (Lipinski definition) is 0. The van der Waals surface area contributed by atoms with Crippen LogP contribution in [0.2, 0.25) is 5.02 Å². The second-order valence-electron chi connectivity index (χ2n) is 3.15. The number of benzene rings is 2. The Morgan fingerprint density at radius 2 is 1.82 bits per heavy atom. The monoisotopic (exact) mass is 320 g/mol. The van der Waals surface area contributed by atoms with Crippen molar-refractivity contribution in [3.05, 3.63) is 65.2 Å². The molecule has 2 aromatic carbocycles. The summed E-state index contributed by atoms with van der Waals surface area (Å²) in [4.78, 5) is 0. The molecule has 0 aliphatic rings. The minimum atomic E-state index is 0. The molecule has 2 aromatic rings. The van der Waals surface area contributed by atoms with E-state index in [-0.39, 0.29) is 40.0 Å². The van der Waals surface area contributed by atoms with Gasteiger partial charge in [-0.05, 0) is 24.3 Å². The summed E-state index contributed by atoms with van der Waals surface area (Å²) in [7, 11) is 0. The van der Waals surface area contributed by atoms with Crippen LogP contribution in [0.5, 0.6) is 5.75 Å². The predicted octanol–water partition coefficient (Wildman–Crippen LogP) is 0.342. The molecular weight excluding hydrogens is 312 g/mol. The first-order chi connectivity index (χ1) is 7.34. The fourth-order valence-electron chi connectivity index (χ4n) is 1.22. The Kier molecular flexibility index (Phi) is 8.69. The maximum absolute atomic E-state index is 5.77. The molecule has 1 nitrogen and oxygen atoms in total. The summed E-state index contributed by atoms with van der Waals surface area (Å²) in [5, 5.41) is 0.718. The molecule has 17 heavy (non-hydrogen) atoms. The minimum absolute atomic E-state index is 0. The smallest absolute Gasteiger partial charge is 1.00 e. The Balaban J connectivity index is 0.00000128. The van der Waals surface area contributed by atoms with E-state index in [0.717, 1.165) is 16.3 Å². The van der Waals surface area contributed by atoms with Gasteiger partial charge in [0.15, 0.2) is 0 Å². The van der Waals surface area contributed by atoms with Crippen LogP contribution in [0.3, 0.4) is 0 Å². The third-order valence-electron chi connectivity index (χ3n) is 1.99. The molecule has 0 aromatic heterocycles. The second-order valence-corrected chi connectivity index (χ2v) is 3.59. The molecule has 4 heteroatoms. The van der Waals surface area contributed by atoms with E-state index in [1.165, 1.54) is 0 Å². The van der Waals surface area contributed by atoms with E-state index in [1.54, 1.807) is 0 Å². The van der Waals surface area contributed by atoms with Crippen molar-refractivity contribution in [1.82, 2.24) is 0 Å². The van der Waals surface area contributed by atoms with Gasteiger partial charge in [-0.1, -0.05) is 11.6 Å². The molecule has 0 unspecified atom stereocenters. The molecule has 0 aliphatic heterocycles. The van der Waals surface area contributed by atoms with Crippen molar-refractivity contribution in [3.63, 3.8) is 0 Å². The van der Waals surface area contributed by atoms with Crippen molar-refractivity contribution >= 4 is 34.7 Å². The molecule has 0 saturated heterocycles. The molecule has 0 atom stereocenters. The van der Waals surface area contributed by atoms with Gasteiger partial charge >= 0.3 is 23.1 Å². The van der Waals surface area contributed by atoms with Crippen molar-refractivity contribution < 1.29 is 21.7 Å². The molecule has 2 rings (SSSR count). The first-order valence-corrected chi connectivity index (χ1v) is 5.06. The quantitative estimate of drug-likeness (QED) is 0.585. The fourth-order valence-corrected chi connectivity index (χ4v) is 1.34. The summed E-state index contributed by atoms with van der Waals surface area (Å²) in [6.45, 7) is 0.555. The zero-order valence-electron chi connectivity index (χ0n) is 9.20. The first kappa shape index (κ1) is 16.8. The van der Waals surface area contributed by atoms with Gasteiger partial charge in [0, 0.05) is 5.02 Å². The van der Waals surface area contributed by atoms with Crippen LogP contribution in [0.4, 0.5) is 0 Å². The van der Waals surface area contributed by atoms with Gasteiger partial charge in [-0.3, -0.25) is 0 Å². The van der Waals surface area contributed by atoms with Crippen molar-refractivity contribution in [2.75, 3.05) is 0 Å². The molecule has 0 N–H and O–H groups in total. The molecule has 84 valence electrons. The Morgan fingerprint density at radius 1 is 1.12 bits per heavy atom. The van der Waals surface area contributed by atoms with E-state index in [1.807, 2.05) is 48.5 Å². The average Bonchev–Trinajstić information content (AvgIpc) is 2.30. The van der Waals surface area contributed by atoms with Crippen LogP contribution in [0.1, 0.15) is 5.56 Å². The molecular formula is C13H10BrClMgO. The van der Waals surface area contributed by atoms with E-state index >= 15 is 0 Å². The molecule has 0 fully saturated rings. The number of rotatable bonds is 3. The third kappa shape index (κ3) is 5.77. The Labute approximate surface area is 133 Å². The first-order valence-electron chi connectivity index (χ1n) is 4.68. The van der Waals surface area contributed by atoms with Gasteiger partial charge in [-0.15, -0.1) is 5.56 Å².